The molecule has 1 amide bonds. The largest absolute Gasteiger partial charge is 0.480 e. The number of carbonyl (C=O) groups is 2. The number of rotatable bonds is 8. The molecule has 0 bridgehead atoms. The van der Waals surface area contributed by atoms with Gasteiger partial charge >= 0.3 is 5.97 Å². The van der Waals surface area contributed by atoms with Crippen LogP contribution < -0.4 is 10.2 Å². The van der Waals surface area contributed by atoms with E-state index in [0.717, 1.165) is 5.69 Å². The van der Waals surface area contributed by atoms with E-state index in [1.165, 1.54) is 6.20 Å². The van der Waals surface area contributed by atoms with E-state index in [1.807, 2.05) is 57.2 Å². The van der Waals surface area contributed by atoms with E-state index in [1.54, 1.807) is 4.90 Å². The van der Waals surface area contributed by atoms with Gasteiger partial charge in [0, 0.05) is 18.4 Å². The molecule has 6 heteroatoms. The number of nitriles is 1. The summed E-state index contributed by atoms with van der Waals surface area (Å²) < 4.78 is 0. The highest BCUT2D eigenvalue weighted by molar-refractivity contribution is 5.99. The van der Waals surface area contributed by atoms with Crippen LogP contribution in [0.2, 0.25) is 0 Å². The van der Waals surface area contributed by atoms with Crippen LogP contribution in [-0.2, 0) is 9.59 Å². The summed E-state index contributed by atoms with van der Waals surface area (Å²) in [5.41, 5.74) is 0.716. The van der Waals surface area contributed by atoms with Crippen molar-refractivity contribution in [1.82, 2.24) is 5.32 Å². The van der Waals surface area contributed by atoms with Gasteiger partial charge in [0.25, 0.3) is 5.91 Å². The van der Waals surface area contributed by atoms with Crippen molar-refractivity contribution in [2.24, 2.45) is 5.92 Å². The molecular weight excluding hydrogens is 306 g/mol. The fourth-order valence-electron chi connectivity index (χ4n) is 2.19. The molecule has 1 aromatic rings. The number of aliphatic carboxylic acids is 1. The van der Waals surface area contributed by atoms with Gasteiger partial charge in [0.05, 0.1) is 0 Å². The summed E-state index contributed by atoms with van der Waals surface area (Å²) in [4.78, 5) is 25.3. The molecule has 0 aliphatic carbocycles. The maximum atomic E-state index is 12.3. The molecule has 1 aromatic carbocycles. The number of benzene rings is 1. The third kappa shape index (κ3) is 5.76. The maximum Gasteiger partial charge on any atom is 0.326 e. The Bertz CT molecular complexity index is 633. The van der Waals surface area contributed by atoms with Crippen molar-refractivity contribution in [2.75, 3.05) is 11.4 Å². The third-order valence-electron chi connectivity index (χ3n) is 3.39. The Kier molecular flexibility index (Phi) is 7.50. The number of para-hydroxylation sites is 1. The van der Waals surface area contributed by atoms with Crippen LogP contribution in [0, 0.1) is 17.2 Å². The van der Waals surface area contributed by atoms with Gasteiger partial charge in [-0.05, 0) is 31.4 Å². The molecule has 1 rings (SSSR count). The second-order valence-corrected chi connectivity index (χ2v) is 5.77. The standard InChI is InChI=1S/C18H23N3O3/c1-4-21(15-8-6-5-7-9-15)12-14(11-19)17(22)20-16(18(23)24)10-13(2)3/h5-9,12-13,16H,4,10H2,1-3H3,(H,20,22)(H,23,24)/b14-12-. The minimum atomic E-state index is -1.11. The highest BCUT2D eigenvalue weighted by atomic mass is 16.4. The number of carbonyl (C=O) groups excluding carboxylic acids is 1. The Balaban J connectivity index is 2.96. The maximum absolute atomic E-state index is 12.3. The first-order valence-corrected chi connectivity index (χ1v) is 7.86. The minimum Gasteiger partial charge on any atom is -0.480 e. The van der Waals surface area contributed by atoms with Crippen LogP contribution in [0.5, 0.6) is 0 Å². The second-order valence-electron chi connectivity index (χ2n) is 5.77. The molecule has 6 nitrogen and oxygen atoms in total. The summed E-state index contributed by atoms with van der Waals surface area (Å²) in [6, 6.07) is 10.2. The van der Waals surface area contributed by atoms with Gasteiger partial charge in [0.2, 0.25) is 0 Å². The molecule has 0 spiro atoms. The van der Waals surface area contributed by atoms with Gasteiger partial charge in [-0.2, -0.15) is 5.26 Å². The molecule has 0 heterocycles. The lowest BCUT2D eigenvalue weighted by atomic mass is 10.0. The highest BCUT2D eigenvalue weighted by Gasteiger charge is 2.23. The zero-order valence-electron chi connectivity index (χ0n) is 14.2. The predicted molar refractivity (Wildman–Crippen MR) is 92.2 cm³/mol. The first-order chi connectivity index (χ1) is 11.4. The van der Waals surface area contributed by atoms with E-state index in [9.17, 15) is 20.0 Å². The number of carboxylic acid groups (broad SMARTS) is 1. The number of amides is 1. The minimum absolute atomic E-state index is 0.109. The predicted octanol–water partition coefficient (Wildman–Crippen LogP) is 2.54. The summed E-state index contributed by atoms with van der Waals surface area (Å²) in [7, 11) is 0. The normalized spacial score (nSPS) is 12.4. The molecule has 0 aliphatic heterocycles. The summed E-state index contributed by atoms with van der Waals surface area (Å²) in [6.45, 7) is 6.21. The zero-order chi connectivity index (χ0) is 18.1. The average molecular weight is 329 g/mol. The van der Waals surface area contributed by atoms with Gasteiger partial charge in [0.15, 0.2) is 0 Å². The van der Waals surface area contributed by atoms with Gasteiger partial charge in [-0.3, -0.25) is 4.79 Å². The van der Waals surface area contributed by atoms with E-state index in [4.69, 9.17) is 0 Å². The summed E-state index contributed by atoms with van der Waals surface area (Å²) >= 11 is 0. The topological polar surface area (TPSA) is 93.4 Å². The first-order valence-electron chi connectivity index (χ1n) is 7.86. The van der Waals surface area contributed by atoms with Crippen molar-refractivity contribution in [3.8, 4) is 6.07 Å². The van der Waals surface area contributed by atoms with Crippen LogP contribution in [0.25, 0.3) is 0 Å². The van der Waals surface area contributed by atoms with Gasteiger partial charge in [-0.25, -0.2) is 4.79 Å². The van der Waals surface area contributed by atoms with Gasteiger partial charge in [0.1, 0.15) is 17.7 Å². The Morgan fingerprint density at radius 1 is 1.33 bits per heavy atom. The first kappa shape index (κ1) is 19.2. The van der Waals surface area contributed by atoms with Crippen molar-refractivity contribution in [3.63, 3.8) is 0 Å². The van der Waals surface area contributed by atoms with Crippen molar-refractivity contribution in [1.29, 1.82) is 5.26 Å². The Morgan fingerprint density at radius 2 is 1.96 bits per heavy atom. The molecule has 0 saturated heterocycles. The van der Waals surface area contributed by atoms with Crippen LogP contribution in [0.4, 0.5) is 5.69 Å². The lowest BCUT2D eigenvalue weighted by Gasteiger charge is -2.20. The summed E-state index contributed by atoms with van der Waals surface area (Å²) in [6.07, 6.45) is 1.74. The Labute approximate surface area is 142 Å². The van der Waals surface area contributed by atoms with E-state index in [-0.39, 0.29) is 11.5 Å². The van der Waals surface area contributed by atoms with Gasteiger partial charge < -0.3 is 15.3 Å². The van der Waals surface area contributed by atoms with Crippen molar-refractivity contribution in [3.05, 3.63) is 42.1 Å². The smallest absolute Gasteiger partial charge is 0.326 e. The van der Waals surface area contributed by atoms with E-state index in [0.29, 0.717) is 13.0 Å². The van der Waals surface area contributed by atoms with Gasteiger partial charge in [-0.1, -0.05) is 32.0 Å². The highest BCUT2D eigenvalue weighted by Crippen LogP contribution is 2.15. The van der Waals surface area contributed by atoms with Crippen molar-refractivity contribution >= 4 is 17.6 Å². The van der Waals surface area contributed by atoms with Crippen LogP contribution in [-0.4, -0.2) is 29.6 Å². The van der Waals surface area contributed by atoms with E-state index in [2.05, 4.69) is 5.32 Å². The number of carboxylic acids is 1. The lowest BCUT2D eigenvalue weighted by Crippen LogP contribution is -2.42. The zero-order valence-corrected chi connectivity index (χ0v) is 14.2. The molecule has 128 valence electrons. The molecule has 0 fully saturated rings. The fraction of sp³-hybridized carbons (Fsp3) is 0.389. The molecule has 0 radical (unpaired) electrons. The molecule has 24 heavy (non-hydrogen) atoms. The number of hydrogen-bond donors (Lipinski definition) is 2. The Morgan fingerprint density at radius 3 is 2.42 bits per heavy atom. The van der Waals surface area contributed by atoms with Crippen LogP contribution in [0.15, 0.2) is 42.1 Å². The van der Waals surface area contributed by atoms with Crippen molar-refractivity contribution < 1.29 is 14.7 Å². The average Bonchev–Trinajstić information content (AvgIpc) is 2.55. The van der Waals surface area contributed by atoms with Crippen LogP contribution in [0.1, 0.15) is 27.2 Å². The number of nitrogens with one attached hydrogen (secondary N) is 1. The van der Waals surface area contributed by atoms with E-state index < -0.39 is 17.9 Å². The lowest BCUT2D eigenvalue weighted by molar-refractivity contribution is -0.141. The second kappa shape index (κ2) is 9.36. The molecule has 2 N–H and O–H groups in total. The number of nitrogens with zero attached hydrogens (tertiary/aromatic N) is 2. The molecule has 0 aliphatic rings. The summed E-state index contributed by atoms with van der Waals surface area (Å²) in [5, 5.41) is 20.9. The van der Waals surface area contributed by atoms with Gasteiger partial charge in [-0.15, -0.1) is 0 Å². The van der Waals surface area contributed by atoms with Crippen LogP contribution in [0.3, 0.4) is 0 Å². The molecule has 0 saturated carbocycles. The van der Waals surface area contributed by atoms with Crippen molar-refractivity contribution in [2.45, 2.75) is 33.2 Å². The monoisotopic (exact) mass is 329 g/mol. The molecule has 1 atom stereocenters. The molecule has 0 aromatic heterocycles. The quantitative estimate of drug-likeness (QED) is 0.565. The SMILES string of the molecule is CCN(/C=C(/C#N)C(=O)NC(CC(C)C)C(=O)O)c1ccccc1. The molecule has 1 unspecified atom stereocenters. The Hall–Kier alpha value is -2.81. The fourth-order valence-corrected chi connectivity index (χ4v) is 2.19. The third-order valence-corrected chi connectivity index (χ3v) is 3.39. The van der Waals surface area contributed by atoms with E-state index >= 15 is 0 Å². The molecular formula is C18H23N3O3. The number of hydrogen-bond acceptors (Lipinski definition) is 4. The van der Waals surface area contributed by atoms with Crippen LogP contribution >= 0.6 is 0 Å². The summed E-state index contributed by atoms with van der Waals surface area (Å²) in [5.74, 6) is -1.68. The number of anilines is 1.